The summed E-state index contributed by atoms with van der Waals surface area (Å²) in [6.45, 7) is 6.43. The summed E-state index contributed by atoms with van der Waals surface area (Å²) in [6.07, 6.45) is -15.2. The van der Waals surface area contributed by atoms with Crippen LogP contribution in [0.2, 0.25) is 0 Å². The van der Waals surface area contributed by atoms with Crippen LogP contribution in [0.5, 0.6) is 5.75 Å². The fourth-order valence-electron chi connectivity index (χ4n) is 6.87. The molecule has 0 N–H and O–H groups in total. The minimum atomic E-state index is -1.81. The molecule has 12 atom stereocenters. The topological polar surface area (TPSA) is 234 Å². The molecule has 0 radical (unpaired) electrons. The predicted molar refractivity (Wildman–Crippen MR) is 198 cm³/mol. The van der Waals surface area contributed by atoms with Crippen molar-refractivity contribution in [1.82, 2.24) is 0 Å². The number of carbonyl (C=O) groups excluding carboxylic acids is 7. The molecule has 3 saturated heterocycles. The summed E-state index contributed by atoms with van der Waals surface area (Å²) in [4.78, 5) is 86.5. The molecule has 0 aromatic heterocycles. The summed E-state index contributed by atoms with van der Waals surface area (Å²) in [5.74, 6) is -5.62. The predicted octanol–water partition coefficient (Wildman–Crippen LogP) is 2.37. The van der Waals surface area contributed by atoms with Gasteiger partial charge in [0.05, 0.1) is 6.10 Å². The van der Waals surface area contributed by atoms with Crippen molar-refractivity contribution >= 4 is 41.8 Å². The average molecular weight is 845 g/mol. The lowest BCUT2D eigenvalue weighted by Gasteiger charge is -2.48. The lowest BCUT2D eigenvalue weighted by Crippen LogP contribution is -2.67. The Morgan fingerprint density at radius 1 is 0.467 bits per heavy atom. The van der Waals surface area contributed by atoms with Crippen LogP contribution in [-0.4, -0.2) is 123 Å². The van der Waals surface area contributed by atoms with Crippen LogP contribution in [0.25, 0.3) is 0 Å². The maximum Gasteiger partial charge on any atom is 0.303 e. The molecule has 0 amide bonds. The number of rotatable bonds is 16. The maximum absolute atomic E-state index is 12.7. The van der Waals surface area contributed by atoms with Crippen molar-refractivity contribution in [2.24, 2.45) is 0 Å². The molecule has 0 aliphatic carbocycles. The van der Waals surface area contributed by atoms with E-state index in [1.165, 1.54) is 0 Å². The van der Waals surface area contributed by atoms with Gasteiger partial charge in [0.25, 0.3) is 0 Å². The molecule has 2 aromatic rings. The molecule has 3 aliphatic rings. The van der Waals surface area contributed by atoms with Gasteiger partial charge in [0, 0.05) is 54.9 Å². The Kier molecular flexibility index (Phi) is 15.6. The van der Waals surface area contributed by atoms with Crippen molar-refractivity contribution in [3.8, 4) is 5.75 Å². The molecule has 326 valence electrons. The zero-order chi connectivity index (χ0) is 43.7. The van der Waals surface area contributed by atoms with Gasteiger partial charge in [0.1, 0.15) is 43.4 Å². The van der Waals surface area contributed by atoms with Gasteiger partial charge in [-0.2, -0.15) is 0 Å². The lowest BCUT2D eigenvalue weighted by atomic mass is 9.96. The lowest BCUT2D eigenvalue weighted by molar-refractivity contribution is -0.354. The highest BCUT2D eigenvalue weighted by atomic mass is 16.8. The molecule has 2 aromatic carbocycles. The molecule has 3 heterocycles. The molecule has 0 saturated carbocycles. The number of hydrogen-bond donors (Lipinski definition) is 0. The van der Waals surface area contributed by atoms with Gasteiger partial charge in [0.15, 0.2) is 30.7 Å². The third kappa shape index (κ3) is 12.7. The van der Waals surface area contributed by atoms with E-state index in [0.717, 1.165) is 59.6 Å². The Labute approximate surface area is 345 Å². The van der Waals surface area contributed by atoms with E-state index in [2.05, 4.69) is 0 Å². The monoisotopic (exact) mass is 844 g/mol. The second-order valence-electron chi connectivity index (χ2n) is 14.1. The quantitative estimate of drug-likeness (QED) is 0.134. The summed E-state index contributed by atoms with van der Waals surface area (Å²) in [5.41, 5.74) is 2.02. The van der Waals surface area contributed by atoms with E-state index in [1.807, 2.05) is 42.5 Å². The van der Waals surface area contributed by atoms with E-state index in [1.54, 1.807) is 12.1 Å². The molecule has 0 unspecified atom stereocenters. The standard InChI is InChI=1S/C41H48O19/c1-20(42)49-18-31-34(51-22(3)44)36(52-23(4)45)39(55-26(7)48)41(59-31)60-35-32(19-50-21(2)43)58-40(38(54-25(6)47)37(35)53-24(5)46)56-29-15-13-27(14-16-29)17-30-33(57-30)28-11-9-8-10-12-28/h8-16,30-41H,17-19H2,1-7H3/t30-,31+,32+,33+,34+,35+,36-,37-,38+,39+,40+,41-/m0/s1. The first kappa shape index (κ1) is 45.5. The second kappa shape index (κ2) is 20.6. The number of benzene rings is 2. The van der Waals surface area contributed by atoms with Crippen molar-refractivity contribution < 1.29 is 90.4 Å². The molecular weight excluding hydrogens is 796 g/mol. The summed E-state index contributed by atoms with van der Waals surface area (Å²) in [5, 5.41) is 0. The van der Waals surface area contributed by atoms with Gasteiger partial charge in [-0.25, -0.2) is 0 Å². The summed E-state index contributed by atoms with van der Waals surface area (Å²) >= 11 is 0. The molecule has 3 fully saturated rings. The van der Waals surface area contributed by atoms with E-state index in [0.29, 0.717) is 6.42 Å². The van der Waals surface area contributed by atoms with Crippen LogP contribution in [-0.2, 0) is 92.1 Å². The highest BCUT2D eigenvalue weighted by Gasteiger charge is 2.58. The number of hydrogen-bond acceptors (Lipinski definition) is 19. The van der Waals surface area contributed by atoms with Gasteiger partial charge in [-0.1, -0.05) is 42.5 Å². The first-order valence-electron chi connectivity index (χ1n) is 19.0. The largest absolute Gasteiger partial charge is 0.463 e. The van der Waals surface area contributed by atoms with E-state index >= 15 is 0 Å². The van der Waals surface area contributed by atoms with Crippen LogP contribution >= 0.6 is 0 Å². The minimum absolute atomic E-state index is 0.0139. The molecule has 0 bridgehead atoms. The number of carbonyl (C=O) groups is 7. The van der Waals surface area contributed by atoms with Crippen molar-refractivity contribution in [1.29, 1.82) is 0 Å². The Hall–Kier alpha value is -5.63. The van der Waals surface area contributed by atoms with Crippen LogP contribution in [0.4, 0.5) is 0 Å². The first-order chi connectivity index (χ1) is 28.5. The fourth-order valence-corrected chi connectivity index (χ4v) is 6.87. The van der Waals surface area contributed by atoms with E-state index in [9.17, 15) is 33.6 Å². The average Bonchev–Trinajstić information content (AvgIpc) is 3.93. The Morgan fingerprint density at radius 3 is 1.43 bits per heavy atom. The van der Waals surface area contributed by atoms with Gasteiger partial charge in [-0.3, -0.25) is 33.6 Å². The van der Waals surface area contributed by atoms with Crippen LogP contribution in [0.1, 0.15) is 65.7 Å². The normalized spacial score (nSPS) is 29.4. The molecule has 0 spiro atoms. The minimum Gasteiger partial charge on any atom is -0.463 e. The highest BCUT2D eigenvalue weighted by Crippen LogP contribution is 2.41. The molecule has 5 rings (SSSR count). The third-order valence-electron chi connectivity index (χ3n) is 9.21. The zero-order valence-electron chi connectivity index (χ0n) is 34.0. The van der Waals surface area contributed by atoms with Crippen molar-refractivity contribution in [2.75, 3.05) is 13.2 Å². The fraction of sp³-hybridized carbons (Fsp3) is 0.537. The van der Waals surface area contributed by atoms with Crippen molar-refractivity contribution in [3.63, 3.8) is 0 Å². The van der Waals surface area contributed by atoms with Crippen LogP contribution in [0.3, 0.4) is 0 Å². The van der Waals surface area contributed by atoms with Crippen LogP contribution in [0.15, 0.2) is 54.6 Å². The van der Waals surface area contributed by atoms with Crippen LogP contribution < -0.4 is 4.74 Å². The summed E-state index contributed by atoms with van der Waals surface area (Å²) in [7, 11) is 0. The van der Waals surface area contributed by atoms with Gasteiger partial charge in [-0.05, 0) is 23.3 Å². The maximum atomic E-state index is 12.7. The molecule has 60 heavy (non-hydrogen) atoms. The first-order valence-corrected chi connectivity index (χ1v) is 19.0. The zero-order valence-corrected chi connectivity index (χ0v) is 34.0. The number of esters is 7. The molecular formula is C41H48O19. The van der Waals surface area contributed by atoms with Crippen LogP contribution in [0, 0.1) is 0 Å². The number of ether oxygens (including phenoxy) is 12. The van der Waals surface area contributed by atoms with Gasteiger partial charge in [-0.15, -0.1) is 0 Å². The van der Waals surface area contributed by atoms with E-state index in [-0.39, 0.29) is 18.0 Å². The van der Waals surface area contributed by atoms with Gasteiger partial charge < -0.3 is 56.8 Å². The Balaban J connectivity index is 1.47. The third-order valence-corrected chi connectivity index (χ3v) is 9.21. The van der Waals surface area contributed by atoms with Gasteiger partial charge in [0.2, 0.25) is 12.4 Å². The van der Waals surface area contributed by atoms with E-state index in [4.69, 9.17) is 56.8 Å². The number of epoxide rings is 1. The Morgan fingerprint density at radius 2 is 0.917 bits per heavy atom. The second-order valence-corrected chi connectivity index (χ2v) is 14.1. The highest BCUT2D eigenvalue weighted by molar-refractivity contribution is 5.69. The van der Waals surface area contributed by atoms with E-state index < -0.39 is 116 Å². The molecule has 19 nitrogen and oxygen atoms in total. The molecule has 19 heteroatoms. The Bertz CT molecular complexity index is 1850. The van der Waals surface area contributed by atoms with Gasteiger partial charge >= 0.3 is 41.8 Å². The summed E-state index contributed by atoms with van der Waals surface area (Å²) in [6, 6.07) is 16.8. The van der Waals surface area contributed by atoms with Crippen molar-refractivity contribution in [3.05, 3.63) is 65.7 Å². The smallest absolute Gasteiger partial charge is 0.303 e. The molecule has 3 aliphatic heterocycles. The summed E-state index contributed by atoms with van der Waals surface area (Å²) < 4.78 is 69.2. The van der Waals surface area contributed by atoms with Crippen molar-refractivity contribution in [2.45, 2.75) is 129 Å². The SMILES string of the molecule is CC(=O)OC[C@H]1O[C@@H](O[C@H]2[C@H](OC(C)=O)[C@@H](OC(C)=O)[C@H](Oc3ccc(C[C@@H]4O[C@@H]4c4ccccc4)cc3)O[C@@H]2COC(C)=O)[C@H](OC(C)=O)[C@@H](OC(C)=O)[C@@H]1OC(C)=O.